The Bertz CT molecular complexity index is 993. The fourth-order valence-electron chi connectivity index (χ4n) is 2.89. The van der Waals surface area contributed by atoms with Crippen LogP contribution in [0.4, 0.5) is 5.69 Å². The Morgan fingerprint density at radius 2 is 1.86 bits per heavy atom. The number of rotatable bonds is 7. The number of nitro groups is 1. The molecule has 0 N–H and O–H groups in total. The van der Waals surface area contributed by atoms with Crippen LogP contribution in [0.25, 0.3) is 11.5 Å². The van der Waals surface area contributed by atoms with E-state index >= 15 is 0 Å². The van der Waals surface area contributed by atoms with E-state index in [0.717, 1.165) is 23.8 Å². The predicted octanol–water partition coefficient (Wildman–Crippen LogP) is 4.55. The predicted molar refractivity (Wildman–Crippen MR) is 103 cm³/mol. The average molecular weight is 400 g/mol. The minimum absolute atomic E-state index is 0.0211. The maximum atomic E-state index is 10.8. The van der Waals surface area contributed by atoms with E-state index in [-0.39, 0.29) is 10.9 Å². The monoisotopic (exact) mass is 400 g/mol. The highest BCUT2D eigenvalue weighted by Gasteiger charge is 2.31. The van der Waals surface area contributed by atoms with Crippen molar-refractivity contribution in [1.29, 1.82) is 0 Å². The van der Waals surface area contributed by atoms with Crippen LogP contribution in [0.3, 0.4) is 0 Å². The number of hydrogen-bond acceptors (Lipinski definition) is 8. The van der Waals surface area contributed by atoms with Gasteiger partial charge in [-0.05, 0) is 31.9 Å². The molecule has 1 unspecified atom stereocenters. The molecule has 4 rings (SSSR count). The molecule has 10 heteroatoms. The van der Waals surface area contributed by atoms with Crippen molar-refractivity contribution in [2.75, 3.05) is 0 Å². The topological polar surface area (TPSA) is 113 Å². The molecule has 1 aliphatic carbocycles. The molecular formula is C18H20N6O3S. The van der Waals surface area contributed by atoms with E-state index in [1.807, 2.05) is 6.92 Å². The van der Waals surface area contributed by atoms with Crippen LogP contribution in [0, 0.1) is 10.1 Å². The minimum atomic E-state index is -0.441. The summed E-state index contributed by atoms with van der Waals surface area (Å²) in [5.74, 6) is 2.14. The van der Waals surface area contributed by atoms with E-state index in [1.165, 1.54) is 12.1 Å². The molecule has 0 amide bonds. The van der Waals surface area contributed by atoms with E-state index in [9.17, 15) is 10.1 Å². The zero-order valence-corrected chi connectivity index (χ0v) is 16.6. The number of non-ortho nitro benzene ring substituents is 1. The van der Waals surface area contributed by atoms with Crippen molar-refractivity contribution >= 4 is 17.4 Å². The van der Waals surface area contributed by atoms with Gasteiger partial charge in [0.15, 0.2) is 5.16 Å². The molecule has 0 spiro atoms. The van der Waals surface area contributed by atoms with Gasteiger partial charge in [0.1, 0.15) is 5.82 Å². The lowest BCUT2D eigenvalue weighted by atomic mass is 10.2. The molecule has 1 atom stereocenters. The summed E-state index contributed by atoms with van der Waals surface area (Å²) in [5, 5.41) is 28.5. The van der Waals surface area contributed by atoms with Crippen LogP contribution in [0.5, 0.6) is 0 Å². The highest BCUT2D eigenvalue weighted by molar-refractivity contribution is 7.99. The largest absolute Gasteiger partial charge is 0.419 e. The van der Waals surface area contributed by atoms with Gasteiger partial charge in [-0.2, -0.15) is 0 Å². The molecule has 0 bridgehead atoms. The average Bonchev–Trinajstić information content (AvgIpc) is 3.23. The third-order valence-electron chi connectivity index (χ3n) is 4.51. The van der Waals surface area contributed by atoms with Crippen LogP contribution >= 0.6 is 11.8 Å². The lowest BCUT2D eigenvalue weighted by Gasteiger charge is -2.12. The van der Waals surface area contributed by atoms with E-state index < -0.39 is 4.92 Å². The molecule has 1 fully saturated rings. The molecule has 0 radical (unpaired) electrons. The third-order valence-corrected chi connectivity index (χ3v) is 5.56. The molecule has 146 valence electrons. The number of benzene rings is 1. The first-order valence-electron chi connectivity index (χ1n) is 9.13. The van der Waals surface area contributed by atoms with Crippen molar-refractivity contribution in [3.63, 3.8) is 0 Å². The first-order chi connectivity index (χ1) is 13.4. The van der Waals surface area contributed by atoms with Gasteiger partial charge in [-0.15, -0.1) is 20.4 Å². The van der Waals surface area contributed by atoms with Crippen molar-refractivity contribution in [3.05, 3.63) is 46.1 Å². The van der Waals surface area contributed by atoms with Gasteiger partial charge in [0, 0.05) is 29.7 Å². The normalized spacial score (nSPS) is 15.1. The van der Waals surface area contributed by atoms with Gasteiger partial charge in [-0.1, -0.05) is 25.6 Å². The Morgan fingerprint density at radius 3 is 2.46 bits per heavy atom. The summed E-state index contributed by atoms with van der Waals surface area (Å²) in [4.78, 5) is 10.3. The number of hydrogen-bond donors (Lipinski definition) is 0. The molecule has 0 aliphatic heterocycles. The first-order valence-corrected chi connectivity index (χ1v) is 10.0. The third kappa shape index (κ3) is 3.64. The number of nitro benzene ring substituents is 1. The summed E-state index contributed by atoms with van der Waals surface area (Å²) in [6.07, 6.45) is 2.31. The molecule has 2 heterocycles. The summed E-state index contributed by atoms with van der Waals surface area (Å²) in [6.45, 7) is 6.23. The van der Waals surface area contributed by atoms with Gasteiger partial charge in [0.2, 0.25) is 11.8 Å². The van der Waals surface area contributed by atoms with Crippen LogP contribution in [0.2, 0.25) is 0 Å². The highest BCUT2D eigenvalue weighted by atomic mass is 32.2. The Balaban J connectivity index is 1.52. The molecule has 0 saturated heterocycles. The lowest BCUT2D eigenvalue weighted by molar-refractivity contribution is -0.384. The zero-order chi connectivity index (χ0) is 19.8. The zero-order valence-electron chi connectivity index (χ0n) is 15.8. The van der Waals surface area contributed by atoms with Crippen molar-refractivity contribution in [2.45, 2.75) is 56.0 Å². The van der Waals surface area contributed by atoms with Crippen molar-refractivity contribution in [3.8, 4) is 11.5 Å². The summed E-state index contributed by atoms with van der Waals surface area (Å²) in [7, 11) is 0. The minimum Gasteiger partial charge on any atom is -0.419 e. The maximum Gasteiger partial charge on any atom is 0.269 e. The second-order valence-corrected chi connectivity index (χ2v) is 8.41. The number of nitrogens with zero attached hydrogens (tertiary/aromatic N) is 6. The Hall–Kier alpha value is -2.75. The van der Waals surface area contributed by atoms with E-state index in [1.54, 1.807) is 23.9 Å². The van der Waals surface area contributed by atoms with Gasteiger partial charge in [-0.3, -0.25) is 10.1 Å². The Labute approximate surface area is 165 Å². The van der Waals surface area contributed by atoms with Gasteiger partial charge < -0.3 is 8.98 Å². The molecule has 2 aromatic heterocycles. The van der Waals surface area contributed by atoms with Crippen LogP contribution in [0.15, 0.2) is 33.8 Å². The molecule has 1 aliphatic rings. The first kappa shape index (κ1) is 18.6. The van der Waals surface area contributed by atoms with E-state index in [0.29, 0.717) is 29.3 Å². The number of aromatic nitrogens is 5. The number of thioether (sulfide) groups is 1. The summed E-state index contributed by atoms with van der Waals surface area (Å²) < 4.78 is 8.04. The van der Waals surface area contributed by atoms with Crippen LogP contribution < -0.4 is 0 Å². The molecule has 1 aromatic carbocycles. The molecule has 9 nitrogen and oxygen atoms in total. The van der Waals surface area contributed by atoms with Crippen molar-refractivity contribution in [2.24, 2.45) is 0 Å². The standard InChI is InChI=1S/C18H20N6O3S/c1-10(2)15-19-22-18(23(15)13-8-9-13)28-11(3)16-20-21-17(27-16)12-4-6-14(7-5-12)24(25)26/h4-7,10-11,13H,8-9H2,1-3H3. The summed E-state index contributed by atoms with van der Waals surface area (Å²) in [6, 6.07) is 6.53. The maximum absolute atomic E-state index is 10.8. The van der Waals surface area contributed by atoms with E-state index in [4.69, 9.17) is 4.42 Å². The van der Waals surface area contributed by atoms with Crippen molar-refractivity contribution < 1.29 is 9.34 Å². The molecule has 3 aromatic rings. The summed E-state index contributed by atoms with van der Waals surface area (Å²) >= 11 is 1.55. The van der Waals surface area contributed by atoms with Crippen LogP contribution in [-0.4, -0.2) is 29.9 Å². The van der Waals surface area contributed by atoms with Crippen molar-refractivity contribution in [1.82, 2.24) is 25.0 Å². The van der Waals surface area contributed by atoms with Gasteiger partial charge in [0.05, 0.1) is 10.2 Å². The van der Waals surface area contributed by atoms with Gasteiger partial charge >= 0.3 is 0 Å². The second kappa shape index (κ2) is 7.34. The SMILES string of the molecule is CC(C)c1nnc(SC(C)c2nnc(-c3ccc([N+](=O)[O-])cc3)o2)n1C1CC1. The highest BCUT2D eigenvalue weighted by Crippen LogP contribution is 2.43. The molecule has 28 heavy (non-hydrogen) atoms. The summed E-state index contributed by atoms with van der Waals surface area (Å²) in [5.41, 5.74) is 0.664. The van der Waals surface area contributed by atoms with Crippen LogP contribution in [0.1, 0.15) is 62.5 Å². The Kier molecular flexibility index (Phi) is 4.88. The second-order valence-electron chi connectivity index (χ2n) is 7.11. The van der Waals surface area contributed by atoms with E-state index in [2.05, 4.69) is 38.8 Å². The molecule has 1 saturated carbocycles. The van der Waals surface area contributed by atoms with Gasteiger partial charge in [-0.25, -0.2) is 0 Å². The fourth-order valence-corrected chi connectivity index (χ4v) is 3.84. The fraction of sp³-hybridized carbons (Fsp3) is 0.444. The molecular weight excluding hydrogens is 380 g/mol. The smallest absolute Gasteiger partial charge is 0.269 e. The quantitative estimate of drug-likeness (QED) is 0.322. The van der Waals surface area contributed by atoms with Gasteiger partial charge in [0.25, 0.3) is 5.69 Å². The Morgan fingerprint density at radius 1 is 1.14 bits per heavy atom. The lowest BCUT2D eigenvalue weighted by Crippen LogP contribution is -2.05. The van der Waals surface area contributed by atoms with Crippen LogP contribution in [-0.2, 0) is 0 Å².